The van der Waals surface area contributed by atoms with Crippen molar-refractivity contribution in [3.05, 3.63) is 0 Å². The molecular weight excluding hydrogens is 220 g/mol. The van der Waals surface area contributed by atoms with Crippen molar-refractivity contribution >= 4 is 11.8 Å². The van der Waals surface area contributed by atoms with Crippen LogP contribution in [0.2, 0.25) is 0 Å². The summed E-state index contributed by atoms with van der Waals surface area (Å²) >= 11 is 0. The van der Waals surface area contributed by atoms with E-state index in [1.165, 1.54) is 6.92 Å². The molecule has 0 aliphatic heterocycles. The first-order chi connectivity index (χ1) is 7.73. The van der Waals surface area contributed by atoms with Gasteiger partial charge in [-0.25, -0.2) is 0 Å². The van der Waals surface area contributed by atoms with Crippen LogP contribution >= 0.6 is 0 Å². The number of hydrogen-bond acceptors (Lipinski definition) is 3. The number of carbonyl (C=O) groups excluding carboxylic acids is 2. The van der Waals surface area contributed by atoms with Crippen molar-refractivity contribution in [2.75, 3.05) is 0 Å². The first kappa shape index (κ1) is 15.9. The minimum Gasteiger partial charge on any atom is -0.390 e. The van der Waals surface area contributed by atoms with Gasteiger partial charge in [-0.15, -0.1) is 0 Å². The zero-order valence-corrected chi connectivity index (χ0v) is 11.3. The van der Waals surface area contributed by atoms with Gasteiger partial charge in [0, 0.05) is 13.0 Å². The van der Waals surface area contributed by atoms with E-state index in [4.69, 9.17) is 0 Å². The van der Waals surface area contributed by atoms with Gasteiger partial charge in [0.1, 0.15) is 0 Å². The highest BCUT2D eigenvalue weighted by molar-refractivity contribution is 5.77. The second kappa shape index (κ2) is 7.27. The molecule has 100 valence electrons. The molecular formula is C12H24N2O3. The Labute approximate surface area is 103 Å². The molecule has 0 bridgehead atoms. The fourth-order valence-corrected chi connectivity index (χ4v) is 1.26. The van der Waals surface area contributed by atoms with Gasteiger partial charge in [-0.3, -0.25) is 9.59 Å². The highest BCUT2D eigenvalue weighted by Gasteiger charge is 2.20. The summed E-state index contributed by atoms with van der Waals surface area (Å²) in [5.74, 6) is -0.0627. The highest BCUT2D eigenvalue weighted by atomic mass is 16.3. The molecule has 0 saturated carbocycles. The third-order valence-corrected chi connectivity index (χ3v) is 2.79. The molecule has 3 atom stereocenters. The molecule has 0 aromatic rings. The summed E-state index contributed by atoms with van der Waals surface area (Å²) in [4.78, 5) is 22.4. The predicted molar refractivity (Wildman–Crippen MR) is 66.3 cm³/mol. The van der Waals surface area contributed by atoms with E-state index in [9.17, 15) is 14.7 Å². The van der Waals surface area contributed by atoms with Gasteiger partial charge in [-0.05, 0) is 19.8 Å². The minimum atomic E-state index is -0.863. The molecule has 0 spiro atoms. The summed E-state index contributed by atoms with van der Waals surface area (Å²) in [7, 11) is 0. The molecule has 5 heteroatoms. The molecule has 0 aromatic carbocycles. The Morgan fingerprint density at radius 2 is 1.59 bits per heavy atom. The van der Waals surface area contributed by atoms with E-state index < -0.39 is 12.1 Å². The smallest absolute Gasteiger partial charge is 0.222 e. The molecule has 0 aromatic heterocycles. The third kappa shape index (κ3) is 6.94. The number of aliphatic hydroxyl groups is 1. The van der Waals surface area contributed by atoms with Crippen LogP contribution < -0.4 is 10.6 Å². The monoisotopic (exact) mass is 244 g/mol. The van der Waals surface area contributed by atoms with Crippen molar-refractivity contribution in [1.29, 1.82) is 0 Å². The zero-order chi connectivity index (χ0) is 13.6. The average molecular weight is 244 g/mol. The van der Waals surface area contributed by atoms with Gasteiger partial charge in [0.2, 0.25) is 11.8 Å². The Balaban J connectivity index is 4.07. The Kier molecular flexibility index (Phi) is 6.80. The molecule has 0 aliphatic rings. The fraction of sp³-hybridized carbons (Fsp3) is 0.833. The van der Waals surface area contributed by atoms with Crippen LogP contribution in [0.1, 0.15) is 41.0 Å². The summed E-state index contributed by atoms with van der Waals surface area (Å²) < 4.78 is 0. The van der Waals surface area contributed by atoms with Crippen molar-refractivity contribution in [3.63, 3.8) is 0 Å². The van der Waals surface area contributed by atoms with Crippen LogP contribution in [-0.2, 0) is 9.59 Å². The quantitative estimate of drug-likeness (QED) is 0.633. The molecule has 17 heavy (non-hydrogen) atoms. The van der Waals surface area contributed by atoms with Crippen LogP contribution in [0.25, 0.3) is 0 Å². The molecule has 3 N–H and O–H groups in total. The summed E-state index contributed by atoms with van der Waals surface area (Å²) in [6, 6.07) is -0.349. The summed E-state index contributed by atoms with van der Waals surface area (Å²) in [5.41, 5.74) is 0. The van der Waals surface area contributed by atoms with Gasteiger partial charge in [-0.1, -0.05) is 13.8 Å². The van der Waals surface area contributed by atoms with E-state index in [0.29, 0.717) is 5.92 Å². The Hall–Kier alpha value is -1.10. The van der Waals surface area contributed by atoms with E-state index in [2.05, 4.69) is 10.6 Å². The second-order valence-corrected chi connectivity index (χ2v) is 4.86. The van der Waals surface area contributed by atoms with E-state index in [1.54, 1.807) is 6.92 Å². The zero-order valence-electron chi connectivity index (χ0n) is 11.3. The van der Waals surface area contributed by atoms with Crippen LogP contribution in [0, 0.1) is 5.92 Å². The van der Waals surface area contributed by atoms with Gasteiger partial charge < -0.3 is 15.7 Å². The maximum absolute atomic E-state index is 11.6. The maximum Gasteiger partial charge on any atom is 0.222 e. The van der Waals surface area contributed by atoms with E-state index in [-0.39, 0.29) is 24.3 Å². The number of rotatable bonds is 6. The number of amides is 2. The van der Waals surface area contributed by atoms with Crippen LogP contribution in [0.15, 0.2) is 0 Å². The standard InChI is InChI=1S/C12H24N2O3/c1-7(2)8(3)14-12(17)6-11(16)9(4)13-10(5)15/h7-9,11,16H,6H2,1-5H3,(H,13,15)(H,14,17). The largest absolute Gasteiger partial charge is 0.390 e. The van der Waals surface area contributed by atoms with E-state index in [1.807, 2.05) is 20.8 Å². The predicted octanol–water partition coefficient (Wildman–Crippen LogP) is 0.423. The second-order valence-electron chi connectivity index (χ2n) is 4.86. The summed E-state index contributed by atoms with van der Waals surface area (Å²) in [6.45, 7) is 9.00. The van der Waals surface area contributed by atoms with Gasteiger partial charge in [0.05, 0.1) is 18.6 Å². The maximum atomic E-state index is 11.6. The Morgan fingerprint density at radius 1 is 1.06 bits per heavy atom. The van der Waals surface area contributed by atoms with Crippen LogP contribution in [0.5, 0.6) is 0 Å². The molecule has 2 amide bonds. The lowest BCUT2D eigenvalue weighted by molar-refractivity contribution is -0.126. The summed E-state index contributed by atoms with van der Waals surface area (Å²) in [5, 5.41) is 15.1. The van der Waals surface area contributed by atoms with E-state index in [0.717, 1.165) is 0 Å². The lowest BCUT2D eigenvalue weighted by Crippen LogP contribution is -2.44. The molecule has 0 rings (SSSR count). The van der Waals surface area contributed by atoms with Gasteiger partial charge in [-0.2, -0.15) is 0 Å². The molecule has 0 fully saturated rings. The van der Waals surface area contributed by atoms with Crippen LogP contribution in [-0.4, -0.2) is 35.1 Å². The number of carbonyl (C=O) groups is 2. The van der Waals surface area contributed by atoms with Crippen LogP contribution in [0.4, 0.5) is 0 Å². The molecule has 0 radical (unpaired) electrons. The third-order valence-electron chi connectivity index (χ3n) is 2.79. The summed E-state index contributed by atoms with van der Waals surface area (Å²) in [6.07, 6.45) is -0.864. The van der Waals surface area contributed by atoms with Gasteiger partial charge in [0.25, 0.3) is 0 Å². The SMILES string of the molecule is CC(=O)NC(C)C(O)CC(=O)NC(C)C(C)C. The number of hydrogen-bond donors (Lipinski definition) is 3. The Morgan fingerprint density at radius 3 is 2.00 bits per heavy atom. The van der Waals surface area contributed by atoms with Crippen molar-refractivity contribution in [3.8, 4) is 0 Å². The highest BCUT2D eigenvalue weighted by Crippen LogP contribution is 2.03. The lowest BCUT2D eigenvalue weighted by atomic mass is 10.1. The number of nitrogens with one attached hydrogen (secondary N) is 2. The van der Waals surface area contributed by atoms with Gasteiger partial charge in [0.15, 0.2) is 0 Å². The first-order valence-electron chi connectivity index (χ1n) is 5.98. The topological polar surface area (TPSA) is 78.4 Å². The fourth-order valence-electron chi connectivity index (χ4n) is 1.26. The van der Waals surface area contributed by atoms with Crippen molar-refractivity contribution in [2.45, 2.75) is 59.2 Å². The average Bonchev–Trinajstić information content (AvgIpc) is 2.15. The Bertz CT molecular complexity index is 266. The molecule has 3 unspecified atom stereocenters. The van der Waals surface area contributed by atoms with Crippen molar-refractivity contribution < 1.29 is 14.7 Å². The van der Waals surface area contributed by atoms with Crippen molar-refractivity contribution in [1.82, 2.24) is 10.6 Å². The van der Waals surface area contributed by atoms with E-state index >= 15 is 0 Å². The molecule has 0 saturated heterocycles. The molecule has 0 aliphatic carbocycles. The van der Waals surface area contributed by atoms with Gasteiger partial charge >= 0.3 is 0 Å². The molecule has 5 nitrogen and oxygen atoms in total. The lowest BCUT2D eigenvalue weighted by Gasteiger charge is -2.21. The van der Waals surface area contributed by atoms with Crippen LogP contribution in [0.3, 0.4) is 0 Å². The molecule has 0 heterocycles. The van der Waals surface area contributed by atoms with Crippen molar-refractivity contribution in [2.24, 2.45) is 5.92 Å². The normalized spacial score (nSPS) is 16.2. The minimum absolute atomic E-state index is 0.00148. The number of aliphatic hydroxyl groups excluding tert-OH is 1. The first-order valence-corrected chi connectivity index (χ1v) is 5.98.